The van der Waals surface area contributed by atoms with Crippen molar-refractivity contribution >= 4 is 16.9 Å². The van der Waals surface area contributed by atoms with Crippen LogP contribution in [-0.2, 0) is 6.42 Å². The first-order valence-electron chi connectivity index (χ1n) is 6.25. The smallest absolute Gasteiger partial charge is 0.372 e. The largest absolute Gasteiger partial charge is 0.475 e. The highest BCUT2D eigenvalue weighted by Crippen LogP contribution is 2.35. The Morgan fingerprint density at radius 3 is 2.56 bits per heavy atom. The predicted octanol–water partition coefficient (Wildman–Crippen LogP) is 4.13. The number of hydrogen-bond donors (Lipinski definition) is 1. The topological polar surface area (TPSA) is 50.4 Å². The quantitative estimate of drug-likeness (QED) is 0.886. The van der Waals surface area contributed by atoms with Crippen molar-refractivity contribution in [2.75, 3.05) is 0 Å². The second-order valence-electron chi connectivity index (χ2n) is 4.90. The number of aromatic carboxylic acids is 1. The fourth-order valence-electron chi connectivity index (χ4n) is 2.41. The van der Waals surface area contributed by atoms with Gasteiger partial charge in [-0.25, -0.2) is 4.79 Å². The van der Waals surface area contributed by atoms with Gasteiger partial charge < -0.3 is 9.52 Å². The summed E-state index contributed by atoms with van der Waals surface area (Å²) in [5.41, 5.74) is 3.67. The molecule has 2 aromatic rings. The highest BCUT2D eigenvalue weighted by molar-refractivity contribution is 5.97. The Morgan fingerprint density at radius 1 is 1.39 bits per heavy atom. The lowest BCUT2D eigenvalue weighted by Gasteiger charge is -2.09. The summed E-state index contributed by atoms with van der Waals surface area (Å²) in [6.45, 7) is 8.12. The third-order valence-electron chi connectivity index (χ3n) is 3.34. The summed E-state index contributed by atoms with van der Waals surface area (Å²) < 4.78 is 5.57. The number of carboxylic acids is 1. The second-order valence-corrected chi connectivity index (χ2v) is 4.90. The van der Waals surface area contributed by atoms with E-state index in [9.17, 15) is 9.90 Å². The first-order valence-corrected chi connectivity index (χ1v) is 6.25. The Labute approximate surface area is 106 Å². The van der Waals surface area contributed by atoms with Crippen LogP contribution < -0.4 is 0 Å². The molecule has 0 aliphatic heterocycles. The van der Waals surface area contributed by atoms with Gasteiger partial charge in [0.2, 0.25) is 5.76 Å². The lowest BCUT2D eigenvalue weighted by atomic mass is 9.94. The molecule has 3 heteroatoms. The molecule has 1 aromatic heterocycles. The highest BCUT2D eigenvalue weighted by atomic mass is 16.4. The van der Waals surface area contributed by atoms with Gasteiger partial charge in [0.25, 0.3) is 0 Å². The monoisotopic (exact) mass is 246 g/mol. The van der Waals surface area contributed by atoms with E-state index in [1.807, 2.05) is 19.9 Å². The molecule has 0 saturated carbocycles. The molecule has 0 fully saturated rings. The summed E-state index contributed by atoms with van der Waals surface area (Å²) in [6.07, 6.45) is 0.664. The number of hydrogen-bond acceptors (Lipinski definition) is 2. The van der Waals surface area contributed by atoms with E-state index in [2.05, 4.69) is 19.9 Å². The maximum absolute atomic E-state index is 11.2. The summed E-state index contributed by atoms with van der Waals surface area (Å²) in [5.74, 6) is -0.557. The summed E-state index contributed by atoms with van der Waals surface area (Å²) in [7, 11) is 0. The van der Waals surface area contributed by atoms with Crippen LogP contribution in [0.4, 0.5) is 0 Å². The fourth-order valence-corrected chi connectivity index (χ4v) is 2.41. The zero-order valence-electron chi connectivity index (χ0n) is 11.2. The lowest BCUT2D eigenvalue weighted by Crippen LogP contribution is -1.98. The number of carbonyl (C=O) groups is 1. The van der Waals surface area contributed by atoms with Crippen LogP contribution in [-0.4, -0.2) is 11.1 Å². The van der Waals surface area contributed by atoms with Crippen molar-refractivity contribution in [1.29, 1.82) is 0 Å². The Morgan fingerprint density at radius 2 is 2.06 bits per heavy atom. The number of rotatable bonds is 3. The molecule has 2 rings (SSSR count). The predicted molar refractivity (Wildman–Crippen MR) is 71.4 cm³/mol. The summed E-state index contributed by atoms with van der Waals surface area (Å²) in [6, 6.07) is 4.06. The SMILES string of the molecule is CCc1c(C(=O)O)oc2c(C)ccc(C(C)C)c12. The molecule has 0 bridgehead atoms. The van der Waals surface area contributed by atoms with E-state index in [0.29, 0.717) is 12.3 Å². The van der Waals surface area contributed by atoms with Crippen molar-refractivity contribution in [2.24, 2.45) is 0 Å². The van der Waals surface area contributed by atoms with Crippen molar-refractivity contribution in [2.45, 2.75) is 40.0 Å². The van der Waals surface area contributed by atoms with E-state index in [4.69, 9.17) is 4.42 Å². The van der Waals surface area contributed by atoms with Crippen LogP contribution in [0, 0.1) is 6.92 Å². The Hall–Kier alpha value is -1.77. The van der Waals surface area contributed by atoms with E-state index in [0.717, 1.165) is 27.7 Å². The fraction of sp³-hybridized carbons (Fsp3) is 0.400. The number of carboxylic acid groups (broad SMARTS) is 1. The van der Waals surface area contributed by atoms with Crippen LogP contribution in [0.1, 0.15) is 53.9 Å². The standard InChI is InChI=1S/C15H18O3/c1-5-10-12-11(8(2)3)7-6-9(4)13(12)18-14(10)15(16)17/h6-8H,5H2,1-4H3,(H,16,17). The molecule has 96 valence electrons. The molecule has 1 heterocycles. The Bertz CT molecular complexity index is 606. The lowest BCUT2D eigenvalue weighted by molar-refractivity contribution is 0.0663. The summed E-state index contributed by atoms with van der Waals surface area (Å²) in [4.78, 5) is 11.2. The van der Waals surface area contributed by atoms with Crippen molar-refractivity contribution in [3.8, 4) is 0 Å². The molecule has 0 radical (unpaired) electrons. The molecular formula is C15H18O3. The van der Waals surface area contributed by atoms with Gasteiger partial charge in [0.05, 0.1) is 0 Å². The molecule has 18 heavy (non-hydrogen) atoms. The van der Waals surface area contributed by atoms with Gasteiger partial charge in [0.1, 0.15) is 5.58 Å². The van der Waals surface area contributed by atoms with Crippen LogP contribution in [0.2, 0.25) is 0 Å². The Kier molecular flexibility index (Phi) is 3.16. The van der Waals surface area contributed by atoms with Gasteiger partial charge in [0, 0.05) is 10.9 Å². The van der Waals surface area contributed by atoms with Gasteiger partial charge in [-0.3, -0.25) is 0 Å². The molecule has 1 aromatic carbocycles. The van der Waals surface area contributed by atoms with Gasteiger partial charge in [-0.05, 0) is 30.4 Å². The molecule has 0 aliphatic rings. The normalized spacial score (nSPS) is 11.4. The van der Waals surface area contributed by atoms with Crippen LogP contribution in [0.15, 0.2) is 16.5 Å². The summed E-state index contributed by atoms with van der Waals surface area (Å²) >= 11 is 0. The Balaban J connectivity index is 2.91. The van der Waals surface area contributed by atoms with Gasteiger partial charge in [-0.2, -0.15) is 0 Å². The number of furan rings is 1. The molecule has 0 amide bonds. The van der Waals surface area contributed by atoms with Crippen molar-refractivity contribution in [3.05, 3.63) is 34.6 Å². The van der Waals surface area contributed by atoms with Crippen molar-refractivity contribution in [3.63, 3.8) is 0 Å². The van der Waals surface area contributed by atoms with E-state index < -0.39 is 5.97 Å². The summed E-state index contributed by atoms with van der Waals surface area (Å²) in [5, 5.41) is 10.2. The number of aryl methyl sites for hydroxylation is 2. The van der Waals surface area contributed by atoms with Gasteiger partial charge >= 0.3 is 5.97 Å². The maximum Gasteiger partial charge on any atom is 0.372 e. The molecule has 3 nitrogen and oxygen atoms in total. The highest BCUT2D eigenvalue weighted by Gasteiger charge is 2.22. The molecule has 1 N–H and O–H groups in total. The first kappa shape index (κ1) is 12.7. The molecule has 0 atom stereocenters. The molecule has 0 saturated heterocycles. The zero-order chi connectivity index (χ0) is 13.4. The van der Waals surface area contributed by atoms with E-state index in [1.165, 1.54) is 0 Å². The average molecular weight is 246 g/mol. The second kappa shape index (κ2) is 4.48. The average Bonchev–Trinajstić information content (AvgIpc) is 2.69. The molecule has 0 aliphatic carbocycles. The van der Waals surface area contributed by atoms with Gasteiger partial charge in [0.15, 0.2) is 0 Å². The van der Waals surface area contributed by atoms with E-state index in [1.54, 1.807) is 0 Å². The third-order valence-corrected chi connectivity index (χ3v) is 3.34. The van der Waals surface area contributed by atoms with Crippen LogP contribution in [0.25, 0.3) is 11.0 Å². The van der Waals surface area contributed by atoms with Gasteiger partial charge in [-0.1, -0.05) is 32.9 Å². The molecule has 0 unspecified atom stereocenters. The minimum atomic E-state index is -0.989. The van der Waals surface area contributed by atoms with Crippen molar-refractivity contribution < 1.29 is 14.3 Å². The van der Waals surface area contributed by atoms with Crippen LogP contribution in [0.3, 0.4) is 0 Å². The first-order chi connectivity index (χ1) is 8.47. The van der Waals surface area contributed by atoms with Crippen molar-refractivity contribution in [1.82, 2.24) is 0 Å². The third kappa shape index (κ3) is 1.80. The number of fused-ring (bicyclic) bond motifs is 1. The zero-order valence-corrected chi connectivity index (χ0v) is 11.2. The minimum absolute atomic E-state index is 0.0868. The molecular weight excluding hydrogens is 228 g/mol. The minimum Gasteiger partial charge on any atom is -0.475 e. The molecule has 0 spiro atoms. The van der Waals surface area contributed by atoms with Crippen LogP contribution >= 0.6 is 0 Å². The van der Waals surface area contributed by atoms with E-state index >= 15 is 0 Å². The maximum atomic E-state index is 11.2. The van der Waals surface area contributed by atoms with Gasteiger partial charge in [-0.15, -0.1) is 0 Å². The number of benzene rings is 1. The van der Waals surface area contributed by atoms with Crippen LogP contribution in [0.5, 0.6) is 0 Å². The van der Waals surface area contributed by atoms with E-state index in [-0.39, 0.29) is 5.76 Å².